The average molecular weight is 292 g/mol. The number of hydrogen-bond donors (Lipinski definition) is 2. The molecule has 0 spiro atoms. The second kappa shape index (κ2) is 7.28. The van der Waals surface area contributed by atoms with Gasteiger partial charge in [0.1, 0.15) is 25.0 Å². The van der Waals surface area contributed by atoms with Crippen molar-refractivity contribution in [3.8, 4) is 5.75 Å². The first-order chi connectivity index (χ1) is 9.97. The highest BCUT2D eigenvalue weighted by Crippen LogP contribution is 2.16. The summed E-state index contributed by atoms with van der Waals surface area (Å²) in [4.78, 5) is 1.53. The number of quaternary nitrogens is 1. The topological polar surface area (TPSA) is 33.9 Å². The van der Waals surface area contributed by atoms with Gasteiger partial charge in [-0.15, -0.1) is 0 Å². The zero-order chi connectivity index (χ0) is 15.4. The zero-order valence-corrected chi connectivity index (χ0v) is 13.9. The molecule has 1 heterocycles. The average Bonchev–Trinajstić information content (AvgIpc) is 2.44. The van der Waals surface area contributed by atoms with Crippen LogP contribution in [0.25, 0.3) is 0 Å². The molecule has 0 saturated carbocycles. The molecule has 1 saturated heterocycles. The Morgan fingerprint density at radius 3 is 2.48 bits per heavy atom. The summed E-state index contributed by atoms with van der Waals surface area (Å²) >= 11 is 0. The standard InChI is InChI=1S/C18H29NO2/c1-13-8-9-18(10-14(13)2)21-12-17(20)11-19-15(3)6-5-7-16(19)4/h8-10,15-17,20H,5-7,11-12H2,1-4H3/p+1/t15-,16-,17-/m0/s1. The molecule has 21 heavy (non-hydrogen) atoms. The maximum absolute atomic E-state index is 10.3. The highest BCUT2D eigenvalue weighted by atomic mass is 16.5. The van der Waals surface area contributed by atoms with E-state index in [1.165, 1.54) is 35.3 Å². The minimum atomic E-state index is -0.399. The molecule has 3 heteroatoms. The highest BCUT2D eigenvalue weighted by Gasteiger charge is 2.30. The molecule has 2 rings (SSSR count). The molecular weight excluding hydrogens is 262 g/mol. The van der Waals surface area contributed by atoms with Crippen molar-refractivity contribution in [3.05, 3.63) is 29.3 Å². The third-order valence-corrected chi connectivity index (χ3v) is 4.93. The Morgan fingerprint density at radius 1 is 1.19 bits per heavy atom. The van der Waals surface area contributed by atoms with Gasteiger partial charge in [0.05, 0.1) is 12.1 Å². The largest absolute Gasteiger partial charge is 0.491 e. The Bertz CT molecular complexity index is 451. The summed E-state index contributed by atoms with van der Waals surface area (Å²) in [6, 6.07) is 7.38. The van der Waals surface area contributed by atoms with Crippen molar-refractivity contribution in [1.82, 2.24) is 0 Å². The molecule has 3 nitrogen and oxygen atoms in total. The molecule has 1 aliphatic heterocycles. The van der Waals surface area contributed by atoms with Gasteiger partial charge < -0.3 is 14.7 Å². The van der Waals surface area contributed by atoms with E-state index in [1.54, 1.807) is 0 Å². The van der Waals surface area contributed by atoms with Crippen molar-refractivity contribution >= 4 is 0 Å². The van der Waals surface area contributed by atoms with Gasteiger partial charge in [0.25, 0.3) is 0 Å². The molecule has 2 N–H and O–H groups in total. The first kappa shape index (κ1) is 16.3. The second-order valence-electron chi connectivity index (χ2n) is 6.72. The van der Waals surface area contributed by atoms with Crippen LogP contribution in [0.15, 0.2) is 18.2 Å². The number of benzene rings is 1. The lowest BCUT2D eigenvalue weighted by molar-refractivity contribution is -0.954. The summed E-state index contributed by atoms with van der Waals surface area (Å²) in [5.74, 6) is 0.854. The van der Waals surface area contributed by atoms with Gasteiger partial charge in [0, 0.05) is 0 Å². The summed E-state index contributed by atoms with van der Waals surface area (Å²) < 4.78 is 5.75. The van der Waals surface area contributed by atoms with Crippen LogP contribution in [0.4, 0.5) is 0 Å². The number of nitrogens with one attached hydrogen (secondary N) is 1. The van der Waals surface area contributed by atoms with Gasteiger partial charge in [-0.25, -0.2) is 0 Å². The van der Waals surface area contributed by atoms with Crippen LogP contribution in [0.5, 0.6) is 5.75 Å². The van der Waals surface area contributed by atoms with Gasteiger partial charge in [-0.05, 0) is 70.2 Å². The van der Waals surface area contributed by atoms with Crippen LogP contribution in [0, 0.1) is 13.8 Å². The van der Waals surface area contributed by atoms with Gasteiger partial charge >= 0.3 is 0 Å². The molecule has 1 aromatic carbocycles. The first-order valence-corrected chi connectivity index (χ1v) is 8.21. The third-order valence-electron chi connectivity index (χ3n) is 4.93. The Morgan fingerprint density at radius 2 is 1.86 bits per heavy atom. The van der Waals surface area contributed by atoms with E-state index in [-0.39, 0.29) is 0 Å². The van der Waals surface area contributed by atoms with Crippen molar-refractivity contribution in [2.24, 2.45) is 0 Å². The second-order valence-corrected chi connectivity index (χ2v) is 6.72. The number of likely N-dealkylation sites (tertiary alicyclic amines) is 1. The Hall–Kier alpha value is -1.06. The fourth-order valence-electron chi connectivity index (χ4n) is 3.32. The van der Waals surface area contributed by atoms with Crippen LogP contribution < -0.4 is 9.64 Å². The van der Waals surface area contributed by atoms with Crippen LogP contribution in [-0.2, 0) is 0 Å². The van der Waals surface area contributed by atoms with Crippen LogP contribution in [0.2, 0.25) is 0 Å². The van der Waals surface area contributed by atoms with E-state index < -0.39 is 6.10 Å². The number of piperidine rings is 1. The molecule has 3 atom stereocenters. The normalized spacial score (nSPS) is 24.8. The minimum absolute atomic E-state index is 0.380. The lowest BCUT2D eigenvalue weighted by Gasteiger charge is -2.36. The summed E-state index contributed by atoms with van der Waals surface area (Å²) in [6.07, 6.45) is 3.46. The van der Waals surface area contributed by atoms with Crippen molar-refractivity contribution in [3.63, 3.8) is 0 Å². The van der Waals surface area contributed by atoms with Crippen molar-refractivity contribution in [2.75, 3.05) is 13.2 Å². The lowest BCUT2D eigenvalue weighted by Crippen LogP contribution is -3.20. The molecule has 0 amide bonds. The van der Waals surface area contributed by atoms with E-state index >= 15 is 0 Å². The fraction of sp³-hybridized carbons (Fsp3) is 0.667. The van der Waals surface area contributed by atoms with Crippen molar-refractivity contribution < 1.29 is 14.7 Å². The van der Waals surface area contributed by atoms with Crippen molar-refractivity contribution in [2.45, 2.75) is 65.1 Å². The fourth-order valence-corrected chi connectivity index (χ4v) is 3.32. The Balaban J connectivity index is 1.83. The van der Waals surface area contributed by atoms with Crippen LogP contribution in [0.1, 0.15) is 44.2 Å². The van der Waals surface area contributed by atoms with E-state index in [9.17, 15) is 5.11 Å². The smallest absolute Gasteiger partial charge is 0.137 e. The van der Waals surface area contributed by atoms with Gasteiger partial charge in [-0.2, -0.15) is 0 Å². The summed E-state index contributed by atoms with van der Waals surface area (Å²) in [7, 11) is 0. The van der Waals surface area contributed by atoms with Crippen LogP contribution >= 0.6 is 0 Å². The van der Waals surface area contributed by atoms with E-state index in [2.05, 4.69) is 33.8 Å². The Kier molecular flexibility index (Phi) is 5.65. The van der Waals surface area contributed by atoms with Gasteiger partial charge in [0.2, 0.25) is 0 Å². The number of ether oxygens (including phenoxy) is 1. The predicted molar refractivity (Wildman–Crippen MR) is 86.0 cm³/mol. The van der Waals surface area contributed by atoms with E-state index in [0.29, 0.717) is 18.7 Å². The number of hydrogen-bond acceptors (Lipinski definition) is 2. The summed E-state index contributed by atoms with van der Waals surface area (Å²) in [6.45, 7) is 9.93. The quantitative estimate of drug-likeness (QED) is 0.869. The van der Waals surface area contributed by atoms with Gasteiger partial charge in [-0.3, -0.25) is 0 Å². The molecule has 118 valence electrons. The maximum atomic E-state index is 10.3. The van der Waals surface area contributed by atoms with Gasteiger partial charge in [-0.1, -0.05) is 6.07 Å². The van der Waals surface area contributed by atoms with Crippen molar-refractivity contribution in [1.29, 1.82) is 0 Å². The van der Waals surface area contributed by atoms with Gasteiger partial charge in [0.15, 0.2) is 0 Å². The molecule has 0 bridgehead atoms. The number of aliphatic hydroxyl groups is 1. The molecule has 0 radical (unpaired) electrons. The first-order valence-electron chi connectivity index (χ1n) is 8.21. The molecule has 0 unspecified atom stereocenters. The molecule has 1 aliphatic rings. The molecule has 1 fully saturated rings. The minimum Gasteiger partial charge on any atom is -0.491 e. The third kappa shape index (κ3) is 4.45. The lowest BCUT2D eigenvalue weighted by atomic mass is 9.97. The van der Waals surface area contributed by atoms with E-state index in [0.717, 1.165) is 12.3 Å². The highest BCUT2D eigenvalue weighted by molar-refractivity contribution is 5.33. The zero-order valence-electron chi connectivity index (χ0n) is 13.9. The van der Waals surface area contributed by atoms with E-state index in [4.69, 9.17) is 4.74 Å². The number of rotatable bonds is 5. The molecule has 0 aromatic heterocycles. The van der Waals surface area contributed by atoms with Crippen LogP contribution in [0.3, 0.4) is 0 Å². The summed E-state index contributed by atoms with van der Waals surface area (Å²) in [5.41, 5.74) is 2.49. The molecule has 0 aliphatic carbocycles. The predicted octanol–water partition coefficient (Wildman–Crippen LogP) is 1.89. The maximum Gasteiger partial charge on any atom is 0.137 e. The summed E-state index contributed by atoms with van der Waals surface area (Å²) in [5, 5.41) is 10.3. The van der Waals surface area contributed by atoms with Crippen LogP contribution in [-0.4, -0.2) is 36.4 Å². The number of aryl methyl sites for hydroxylation is 2. The Labute approximate surface area is 128 Å². The molecule has 1 aromatic rings. The van der Waals surface area contributed by atoms with E-state index in [1.807, 2.05) is 12.1 Å². The monoisotopic (exact) mass is 292 g/mol. The molecular formula is C18H30NO2+. The SMILES string of the molecule is Cc1ccc(OC[C@@H](O)C[NH+]2[C@@H](C)CCC[C@@H]2C)cc1C. The number of aliphatic hydroxyl groups excluding tert-OH is 1.